The second kappa shape index (κ2) is 6.48. The summed E-state index contributed by atoms with van der Waals surface area (Å²) in [6, 6.07) is 4.23. The van der Waals surface area contributed by atoms with Gasteiger partial charge in [-0.05, 0) is 42.7 Å². The van der Waals surface area contributed by atoms with Crippen LogP contribution in [0.15, 0.2) is 23.1 Å². The van der Waals surface area contributed by atoms with Crippen LogP contribution in [0.1, 0.15) is 31.1 Å². The third kappa shape index (κ3) is 3.20. The summed E-state index contributed by atoms with van der Waals surface area (Å²) in [5.41, 5.74) is 4.27. The highest BCUT2D eigenvalue weighted by Crippen LogP contribution is 2.34. The molecule has 0 bridgehead atoms. The van der Waals surface area contributed by atoms with Crippen LogP contribution in [0, 0.1) is 5.92 Å². The molecule has 0 spiro atoms. The summed E-state index contributed by atoms with van der Waals surface area (Å²) in [5, 5.41) is 12.2. The largest absolute Gasteiger partial charge is 0.391 e. The maximum atomic E-state index is 10.1. The van der Waals surface area contributed by atoms with Gasteiger partial charge < -0.3 is 9.94 Å². The zero-order chi connectivity index (χ0) is 13.0. The fourth-order valence-corrected chi connectivity index (χ4v) is 3.30. The highest BCUT2D eigenvalue weighted by atomic mass is 32.1. The Morgan fingerprint density at radius 2 is 2.44 bits per heavy atom. The second-order valence-corrected chi connectivity index (χ2v) is 5.75. The summed E-state index contributed by atoms with van der Waals surface area (Å²) < 4.78 is 0. The van der Waals surface area contributed by atoms with Crippen LogP contribution in [0.3, 0.4) is 0 Å². The molecule has 0 aromatic carbocycles. The Morgan fingerprint density at radius 1 is 1.61 bits per heavy atom. The van der Waals surface area contributed by atoms with E-state index in [0.717, 1.165) is 19.3 Å². The molecule has 1 fully saturated rings. The van der Waals surface area contributed by atoms with Gasteiger partial charge in [0.25, 0.3) is 0 Å². The van der Waals surface area contributed by atoms with Gasteiger partial charge in [-0.25, -0.2) is 0 Å². The highest BCUT2D eigenvalue weighted by Gasteiger charge is 2.31. The minimum atomic E-state index is -0.362. The van der Waals surface area contributed by atoms with Crippen molar-refractivity contribution in [1.82, 2.24) is 5.48 Å². The fraction of sp³-hybridized carbons (Fsp3) is 0.571. The van der Waals surface area contributed by atoms with Crippen molar-refractivity contribution in [3.05, 3.63) is 28.0 Å². The molecular weight excluding hydrogens is 246 g/mol. The molecule has 18 heavy (non-hydrogen) atoms. The van der Waals surface area contributed by atoms with Crippen molar-refractivity contribution < 1.29 is 9.94 Å². The van der Waals surface area contributed by atoms with Crippen molar-refractivity contribution >= 4 is 17.4 Å². The Hall–Kier alpha value is -0.680. The van der Waals surface area contributed by atoms with Crippen molar-refractivity contribution in [2.45, 2.75) is 38.3 Å². The van der Waals surface area contributed by atoms with Crippen molar-refractivity contribution in [3.63, 3.8) is 0 Å². The van der Waals surface area contributed by atoms with Crippen molar-refractivity contribution in [1.29, 1.82) is 0 Å². The Labute approximate surface area is 112 Å². The van der Waals surface area contributed by atoms with Gasteiger partial charge in [-0.2, -0.15) is 5.48 Å². The average Bonchev–Trinajstić information content (AvgIpc) is 2.85. The van der Waals surface area contributed by atoms with Gasteiger partial charge >= 0.3 is 0 Å². The van der Waals surface area contributed by atoms with Gasteiger partial charge in [-0.3, -0.25) is 0 Å². The van der Waals surface area contributed by atoms with Crippen LogP contribution in [-0.2, 0) is 4.84 Å². The first-order chi connectivity index (χ1) is 8.74. The van der Waals surface area contributed by atoms with Crippen LogP contribution >= 0.6 is 11.3 Å². The summed E-state index contributed by atoms with van der Waals surface area (Å²) in [7, 11) is 1.60. The summed E-state index contributed by atoms with van der Waals surface area (Å²) in [5.74, 6) is 0.531. The van der Waals surface area contributed by atoms with E-state index in [0.29, 0.717) is 5.92 Å². The molecule has 3 nitrogen and oxygen atoms in total. The van der Waals surface area contributed by atoms with Crippen LogP contribution in [0.5, 0.6) is 0 Å². The summed E-state index contributed by atoms with van der Waals surface area (Å²) in [6.07, 6.45) is 4.65. The minimum Gasteiger partial charge on any atom is -0.391 e. The molecular formula is C14H21NO2S. The van der Waals surface area contributed by atoms with E-state index < -0.39 is 0 Å². The molecule has 1 heterocycles. The Balaban J connectivity index is 2.12. The van der Waals surface area contributed by atoms with Crippen molar-refractivity contribution in [3.8, 4) is 0 Å². The van der Waals surface area contributed by atoms with Gasteiger partial charge in [-0.15, -0.1) is 11.3 Å². The van der Waals surface area contributed by atoms with E-state index in [1.54, 1.807) is 18.4 Å². The van der Waals surface area contributed by atoms with Crippen LogP contribution in [0.2, 0.25) is 0 Å². The third-order valence-corrected chi connectivity index (χ3v) is 4.42. The first-order valence-electron chi connectivity index (χ1n) is 6.45. The lowest BCUT2D eigenvalue weighted by Gasteiger charge is -2.35. The molecule has 0 radical (unpaired) electrons. The average molecular weight is 267 g/mol. The van der Waals surface area contributed by atoms with E-state index in [1.807, 2.05) is 0 Å². The SMILES string of the molecule is CCC1CC(NOC)C(O)CC1=Cc1cccs1. The summed E-state index contributed by atoms with van der Waals surface area (Å²) >= 11 is 1.74. The molecule has 0 amide bonds. The standard InChI is InChI=1S/C14H21NO2S/c1-3-10-8-13(15-17-2)14(16)9-11(10)7-12-5-4-6-18-12/h4-7,10,13-16H,3,8-9H2,1-2H3. The summed E-state index contributed by atoms with van der Waals surface area (Å²) in [4.78, 5) is 6.23. The van der Waals surface area contributed by atoms with Gasteiger partial charge in [0, 0.05) is 4.88 Å². The van der Waals surface area contributed by atoms with E-state index in [4.69, 9.17) is 4.84 Å². The van der Waals surface area contributed by atoms with E-state index in [9.17, 15) is 5.11 Å². The van der Waals surface area contributed by atoms with E-state index in [-0.39, 0.29) is 12.1 Å². The highest BCUT2D eigenvalue weighted by molar-refractivity contribution is 7.10. The minimum absolute atomic E-state index is 0.0421. The van der Waals surface area contributed by atoms with Crippen molar-refractivity contribution in [2.75, 3.05) is 7.11 Å². The number of hydrogen-bond acceptors (Lipinski definition) is 4. The van der Waals surface area contributed by atoms with E-state index >= 15 is 0 Å². The topological polar surface area (TPSA) is 41.5 Å². The summed E-state index contributed by atoms with van der Waals surface area (Å²) in [6.45, 7) is 2.20. The zero-order valence-electron chi connectivity index (χ0n) is 10.9. The van der Waals surface area contributed by atoms with Gasteiger partial charge in [-0.1, -0.05) is 18.6 Å². The molecule has 2 rings (SSSR count). The molecule has 100 valence electrons. The smallest absolute Gasteiger partial charge is 0.0753 e. The molecule has 2 N–H and O–H groups in total. The maximum absolute atomic E-state index is 10.1. The van der Waals surface area contributed by atoms with Gasteiger partial charge in [0.05, 0.1) is 19.3 Å². The van der Waals surface area contributed by atoms with Crippen LogP contribution in [0.4, 0.5) is 0 Å². The molecule has 1 aliphatic rings. The van der Waals surface area contributed by atoms with E-state index in [2.05, 4.69) is 36.0 Å². The van der Waals surface area contributed by atoms with Crippen LogP contribution in [-0.4, -0.2) is 24.4 Å². The number of nitrogens with one attached hydrogen (secondary N) is 1. The quantitative estimate of drug-likeness (QED) is 0.824. The van der Waals surface area contributed by atoms with Crippen LogP contribution < -0.4 is 5.48 Å². The molecule has 1 aromatic rings. The number of rotatable bonds is 4. The van der Waals surface area contributed by atoms with Crippen LogP contribution in [0.25, 0.3) is 6.08 Å². The molecule has 0 saturated heterocycles. The lowest BCUT2D eigenvalue weighted by molar-refractivity contribution is -0.0108. The maximum Gasteiger partial charge on any atom is 0.0753 e. The lowest BCUT2D eigenvalue weighted by atomic mass is 9.78. The molecule has 0 aliphatic heterocycles. The monoisotopic (exact) mass is 267 g/mol. The third-order valence-electron chi connectivity index (χ3n) is 3.60. The normalized spacial score (nSPS) is 30.8. The molecule has 3 atom stereocenters. The second-order valence-electron chi connectivity index (χ2n) is 4.78. The van der Waals surface area contributed by atoms with Crippen molar-refractivity contribution in [2.24, 2.45) is 5.92 Å². The zero-order valence-corrected chi connectivity index (χ0v) is 11.7. The first-order valence-corrected chi connectivity index (χ1v) is 7.33. The Morgan fingerprint density at radius 3 is 3.06 bits per heavy atom. The van der Waals surface area contributed by atoms with Gasteiger partial charge in [0.15, 0.2) is 0 Å². The molecule has 4 heteroatoms. The number of hydroxylamine groups is 1. The van der Waals surface area contributed by atoms with E-state index in [1.165, 1.54) is 10.5 Å². The molecule has 3 unspecified atom stereocenters. The molecule has 1 saturated carbocycles. The first kappa shape index (κ1) is 13.7. The molecule has 1 aromatic heterocycles. The number of aliphatic hydroxyl groups is 1. The predicted octanol–water partition coefficient (Wildman–Crippen LogP) is 2.83. The lowest BCUT2D eigenvalue weighted by Crippen LogP contribution is -2.44. The Bertz CT molecular complexity index is 389. The Kier molecular flexibility index (Phi) is 4.95. The fourth-order valence-electron chi connectivity index (χ4n) is 2.61. The van der Waals surface area contributed by atoms with Gasteiger partial charge in [0.1, 0.15) is 0 Å². The number of thiophene rings is 1. The van der Waals surface area contributed by atoms with Gasteiger partial charge in [0.2, 0.25) is 0 Å². The number of aliphatic hydroxyl groups excluding tert-OH is 1. The predicted molar refractivity (Wildman–Crippen MR) is 75.3 cm³/mol. The molecule has 1 aliphatic carbocycles. The number of hydrogen-bond donors (Lipinski definition) is 2.